The zero-order valence-electron chi connectivity index (χ0n) is 14.1. The molecule has 3 rings (SSSR count). The SMILES string of the molecule is COc1ccc(S(=O)(=O)NCC2(c3ccccc3)CCC2)cc1C. The number of hydrogen-bond donors (Lipinski definition) is 1. The number of hydrogen-bond acceptors (Lipinski definition) is 3. The minimum absolute atomic E-state index is 0.0736. The molecule has 0 bridgehead atoms. The third kappa shape index (κ3) is 3.19. The van der Waals surface area contributed by atoms with Crippen LogP contribution in [0, 0.1) is 6.92 Å². The average Bonchev–Trinajstić information content (AvgIpc) is 2.54. The highest BCUT2D eigenvalue weighted by Gasteiger charge is 2.39. The van der Waals surface area contributed by atoms with Crippen molar-refractivity contribution >= 4 is 10.0 Å². The van der Waals surface area contributed by atoms with Gasteiger partial charge in [0.05, 0.1) is 12.0 Å². The van der Waals surface area contributed by atoms with Crippen LogP contribution in [0.3, 0.4) is 0 Å². The van der Waals surface area contributed by atoms with Gasteiger partial charge in [0.1, 0.15) is 5.75 Å². The lowest BCUT2D eigenvalue weighted by Gasteiger charge is -2.42. The van der Waals surface area contributed by atoms with Gasteiger partial charge in [-0.1, -0.05) is 36.8 Å². The monoisotopic (exact) mass is 345 g/mol. The summed E-state index contributed by atoms with van der Waals surface area (Å²) in [6.07, 6.45) is 3.17. The summed E-state index contributed by atoms with van der Waals surface area (Å²) in [5.41, 5.74) is 1.95. The quantitative estimate of drug-likeness (QED) is 0.873. The van der Waals surface area contributed by atoms with Gasteiger partial charge in [-0.3, -0.25) is 0 Å². The summed E-state index contributed by atoms with van der Waals surface area (Å²) >= 11 is 0. The maximum absolute atomic E-state index is 12.7. The Labute approximate surface area is 143 Å². The molecule has 128 valence electrons. The molecule has 24 heavy (non-hydrogen) atoms. The Kier molecular flexibility index (Phi) is 4.65. The van der Waals surface area contributed by atoms with Crippen molar-refractivity contribution in [3.8, 4) is 5.75 Å². The van der Waals surface area contributed by atoms with Gasteiger partial charge in [-0.2, -0.15) is 0 Å². The van der Waals surface area contributed by atoms with Gasteiger partial charge in [0.25, 0.3) is 0 Å². The summed E-state index contributed by atoms with van der Waals surface area (Å²) < 4.78 is 33.3. The summed E-state index contributed by atoms with van der Waals surface area (Å²) in [4.78, 5) is 0.281. The molecule has 5 heteroatoms. The number of benzene rings is 2. The van der Waals surface area contributed by atoms with E-state index in [1.54, 1.807) is 25.3 Å². The summed E-state index contributed by atoms with van der Waals surface area (Å²) in [6, 6.07) is 15.1. The Hall–Kier alpha value is -1.85. The lowest BCUT2D eigenvalue weighted by atomic mass is 9.64. The van der Waals surface area contributed by atoms with E-state index in [0.717, 1.165) is 24.8 Å². The van der Waals surface area contributed by atoms with Crippen LogP contribution in [0.5, 0.6) is 5.75 Å². The molecule has 2 aromatic carbocycles. The summed E-state index contributed by atoms with van der Waals surface area (Å²) in [5.74, 6) is 0.689. The summed E-state index contributed by atoms with van der Waals surface area (Å²) in [7, 11) is -1.95. The lowest BCUT2D eigenvalue weighted by Crippen LogP contribution is -2.45. The third-order valence-electron chi connectivity index (χ3n) is 4.97. The third-order valence-corrected chi connectivity index (χ3v) is 6.37. The highest BCUT2D eigenvalue weighted by Crippen LogP contribution is 2.43. The van der Waals surface area contributed by atoms with E-state index in [2.05, 4.69) is 16.9 Å². The number of rotatable bonds is 6. The second-order valence-corrected chi connectivity index (χ2v) is 8.22. The first kappa shape index (κ1) is 17.0. The normalized spacial score (nSPS) is 16.4. The van der Waals surface area contributed by atoms with Crippen LogP contribution in [0.1, 0.15) is 30.4 Å². The number of nitrogens with one attached hydrogen (secondary N) is 1. The van der Waals surface area contributed by atoms with Gasteiger partial charge in [0, 0.05) is 12.0 Å². The van der Waals surface area contributed by atoms with Crippen LogP contribution >= 0.6 is 0 Å². The molecule has 0 unspecified atom stereocenters. The molecule has 1 aliphatic rings. The molecule has 1 N–H and O–H groups in total. The Morgan fingerprint density at radius 1 is 1.12 bits per heavy atom. The predicted octanol–water partition coefficient (Wildman–Crippen LogP) is 3.40. The van der Waals surface area contributed by atoms with E-state index in [1.165, 1.54) is 5.56 Å². The smallest absolute Gasteiger partial charge is 0.240 e. The number of sulfonamides is 1. The highest BCUT2D eigenvalue weighted by atomic mass is 32.2. The van der Waals surface area contributed by atoms with Gasteiger partial charge >= 0.3 is 0 Å². The molecule has 0 saturated heterocycles. The van der Waals surface area contributed by atoms with Crippen molar-refractivity contribution in [3.05, 3.63) is 59.7 Å². The Balaban J connectivity index is 1.79. The number of aryl methyl sites for hydroxylation is 1. The van der Waals surface area contributed by atoms with Crippen molar-refractivity contribution in [3.63, 3.8) is 0 Å². The molecule has 0 amide bonds. The molecule has 0 spiro atoms. The molecule has 0 radical (unpaired) electrons. The van der Waals surface area contributed by atoms with Crippen LogP contribution in [0.15, 0.2) is 53.4 Å². The molecular formula is C19H23NO3S. The molecule has 0 aliphatic heterocycles. The summed E-state index contributed by atoms with van der Waals surface area (Å²) in [6.45, 7) is 2.28. The minimum atomic E-state index is -3.53. The van der Waals surface area contributed by atoms with Crippen LogP contribution in [0.2, 0.25) is 0 Å². The van der Waals surface area contributed by atoms with Crippen molar-refractivity contribution in [1.82, 2.24) is 4.72 Å². The maximum atomic E-state index is 12.7. The van der Waals surface area contributed by atoms with E-state index >= 15 is 0 Å². The fourth-order valence-electron chi connectivity index (χ4n) is 3.30. The summed E-state index contributed by atoms with van der Waals surface area (Å²) in [5, 5.41) is 0. The Morgan fingerprint density at radius 2 is 1.83 bits per heavy atom. The fraction of sp³-hybridized carbons (Fsp3) is 0.368. The van der Waals surface area contributed by atoms with Crippen LogP contribution in [-0.4, -0.2) is 22.1 Å². The van der Waals surface area contributed by atoms with E-state index in [1.807, 2.05) is 25.1 Å². The first-order valence-corrected chi connectivity index (χ1v) is 9.65. The first-order chi connectivity index (χ1) is 11.5. The van der Waals surface area contributed by atoms with Crippen LogP contribution in [-0.2, 0) is 15.4 Å². The molecule has 4 nitrogen and oxygen atoms in total. The molecule has 0 aromatic heterocycles. The first-order valence-electron chi connectivity index (χ1n) is 8.17. The maximum Gasteiger partial charge on any atom is 0.240 e. The molecule has 1 fully saturated rings. The molecule has 0 atom stereocenters. The van der Waals surface area contributed by atoms with Crippen molar-refractivity contribution in [1.29, 1.82) is 0 Å². The second-order valence-electron chi connectivity index (χ2n) is 6.46. The zero-order valence-corrected chi connectivity index (χ0v) is 14.9. The highest BCUT2D eigenvalue weighted by molar-refractivity contribution is 7.89. The van der Waals surface area contributed by atoms with E-state index < -0.39 is 10.0 Å². The second kappa shape index (κ2) is 6.57. The number of ether oxygens (including phenoxy) is 1. The van der Waals surface area contributed by atoms with Gasteiger partial charge in [0.2, 0.25) is 10.0 Å². The van der Waals surface area contributed by atoms with Crippen molar-refractivity contribution < 1.29 is 13.2 Å². The minimum Gasteiger partial charge on any atom is -0.496 e. The molecule has 1 saturated carbocycles. The lowest BCUT2D eigenvalue weighted by molar-refractivity contribution is 0.245. The standard InChI is InChI=1S/C19H23NO3S/c1-15-13-17(9-10-18(15)23-2)24(21,22)20-14-19(11-6-12-19)16-7-4-3-5-8-16/h3-5,7-10,13,20H,6,11-12,14H2,1-2H3. The van der Waals surface area contributed by atoms with E-state index in [9.17, 15) is 8.42 Å². The molecule has 2 aromatic rings. The van der Waals surface area contributed by atoms with Crippen molar-refractivity contribution in [2.24, 2.45) is 0 Å². The van der Waals surface area contributed by atoms with E-state index in [-0.39, 0.29) is 10.3 Å². The Bertz CT molecular complexity index is 812. The van der Waals surface area contributed by atoms with Gasteiger partial charge < -0.3 is 4.74 Å². The molecule has 0 heterocycles. The molecule has 1 aliphatic carbocycles. The Morgan fingerprint density at radius 3 is 2.38 bits per heavy atom. The predicted molar refractivity (Wildman–Crippen MR) is 94.9 cm³/mol. The van der Waals surface area contributed by atoms with Crippen LogP contribution in [0.4, 0.5) is 0 Å². The average molecular weight is 345 g/mol. The van der Waals surface area contributed by atoms with E-state index in [0.29, 0.717) is 12.3 Å². The fourth-order valence-corrected chi connectivity index (χ4v) is 4.51. The van der Waals surface area contributed by atoms with Gasteiger partial charge in [-0.15, -0.1) is 0 Å². The van der Waals surface area contributed by atoms with Gasteiger partial charge in [-0.25, -0.2) is 13.1 Å². The van der Waals surface area contributed by atoms with Crippen LogP contribution < -0.4 is 9.46 Å². The van der Waals surface area contributed by atoms with Gasteiger partial charge in [0.15, 0.2) is 0 Å². The van der Waals surface area contributed by atoms with Crippen molar-refractivity contribution in [2.45, 2.75) is 36.5 Å². The van der Waals surface area contributed by atoms with Crippen LogP contribution in [0.25, 0.3) is 0 Å². The largest absolute Gasteiger partial charge is 0.496 e. The zero-order chi connectivity index (χ0) is 17.2. The molecular weight excluding hydrogens is 322 g/mol. The van der Waals surface area contributed by atoms with Crippen molar-refractivity contribution in [2.75, 3.05) is 13.7 Å². The van der Waals surface area contributed by atoms with E-state index in [4.69, 9.17) is 4.74 Å². The topological polar surface area (TPSA) is 55.4 Å². The number of methoxy groups -OCH3 is 1. The van der Waals surface area contributed by atoms with Gasteiger partial charge in [-0.05, 0) is 49.1 Å².